The summed E-state index contributed by atoms with van der Waals surface area (Å²) < 4.78 is 1.89. The maximum Gasteiger partial charge on any atom is 0.166 e. The fourth-order valence-electron chi connectivity index (χ4n) is 0.910. The van der Waals surface area contributed by atoms with Gasteiger partial charge in [0.1, 0.15) is 12.2 Å². The van der Waals surface area contributed by atoms with E-state index in [0.29, 0.717) is 5.11 Å². The minimum atomic E-state index is 0.655. The predicted molar refractivity (Wildman–Crippen MR) is 54.4 cm³/mol. The van der Waals surface area contributed by atoms with Crippen molar-refractivity contribution < 1.29 is 0 Å². The van der Waals surface area contributed by atoms with Crippen molar-refractivity contribution in [2.45, 2.75) is 6.42 Å². The molecule has 0 aliphatic carbocycles. The van der Waals surface area contributed by atoms with Gasteiger partial charge in [-0.15, -0.1) is 10.2 Å². The van der Waals surface area contributed by atoms with Gasteiger partial charge < -0.3 is 15.2 Å². The van der Waals surface area contributed by atoms with Crippen molar-refractivity contribution in [3.63, 3.8) is 0 Å². The first-order chi connectivity index (χ1) is 6.24. The molecule has 0 radical (unpaired) electrons. The SMILES string of the molecule is CNC(=S)NCCc1nncn1C. The molecule has 0 fully saturated rings. The van der Waals surface area contributed by atoms with Crippen LogP contribution in [0.15, 0.2) is 6.33 Å². The zero-order valence-electron chi connectivity index (χ0n) is 7.74. The minimum Gasteiger partial charge on any atom is -0.366 e. The molecular weight excluding hydrogens is 186 g/mol. The van der Waals surface area contributed by atoms with Crippen LogP contribution in [0.1, 0.15) is 5.82 Å². The Morgan fingerprint density at radius 1 is 1.69 bits per heavy atom. The summed E-state index contributed by atoms with van der Waals surface area (Å²) in [5, 5.41) is 14.3. The van der Waals surface area contributed by atoms with Gasteiger partial charge in [-0.3, -0.25) is 0 Å². The highest BCUT2D eigenvalue weighted by Gasteiger charge is 1.99. The lowest BCUT2D eigenvalue weighted by Crippen LogP contribution is -2.34. The molecule has 0 aromatic carbocycles. The largest absolute Gasteiger partial charge is 0.366 e. The maximum absolute atomic E-state index is 4.92. The molecule has 1 aromatic rings. The van der Waals surface area contributed by atoms with Crippen LogP contribution in [0, 0.1) is 0 Å². The first kappa shape index (κ1) is 9.91. The van der Waals surface area contributed by atoms with E-state index < -0.39 is 0 Å². The third kappa shape index (κ3) is 2.98. The Kier molecular flexibility index (Phi) is 3.63. The van der Waals surface area contributed by atoms with Gasteiger partial charge in [0.2, 0.25) is 0 Å². The maximum atomic E-state index is 4.92. The number of nitrogens with one attached hydrogen (secondary N) is 2. The lowest BCUT2D eigenvalue weighted by molar-refractivity contribution is 0.744. The second-order valence-corrected chi connectivity index (χ2v) is 3.02. The number of aromatic nitrogens is 3. The van der Waals surface area contributed by atoms with Crippen molar-refractivity contribution in [3.8, 4) is 0 Å². The van der Waals surface area contributed by atoms with Gasteiger partial charge in [0.25, 0.3) is 0 Å². The predicted octanol–water partition coefficient (Wildman–Crippen LogP) is -0.548. The first-order valence-corrected chi connectivity index (χ1v) is 4.43. The van der Waals surface area contributed by atoms with E-state index in [-0.39, 0.29) is 0 Å². The van der Waals surface area contributed by atoms with Crippen molar-refractivity contribution in [1.29, 1.82) is 0 Å². The number of hydrogen-bond acceptors (Lipinski definition) is 3. The van der Waals surface area contributed by atoms with E-state index in [1.54, 1.807) is 13.4 Å². The van der Waals surface area contributed by atoms with E-state index >= 15 is 0 Å². The molecule has 5 nitrogen and oxygen atoms in total. The van der Waals surface area contributed by atoms with Gasteiger partial charge >= 0.3 is 0 Å². The normalized spacial score (nSPS) is 9.69. The molecule has 0 saturated heterocycles. The fourth-order valence-corrected chi connectivity index (χ4v) is 1.01. The van der Waals surface area contributed by atoms with Crippen molar-refractivity contribution in [1.82, 2.24) is 25.4 Å². The van der Waals surface area contributed by atoms with E-state index in [0.717, 1.165) is 18.8 Å². The molecule has 1 heterocycles. The number of thiocarbonyl (C=S) groups is 1. The molecule has 1 aromatic heterocycles. The standard InChI is InChI=1S/C7H13N5S/c1-8-7(13)9-4-3-6-11-10-5-12(6)2/h5H,3-4H2,1-2H3,(H2,8,9,13). The fraction of sp³-hybridized carbons (Fsp3) is 0.571. The third-order valence-corrected chi connectivity index (χ3v) is 2.01. The minimum absolute atomic E-state index is 0.655. The highest BCUT2D eigenvalue weighted by molar-refractivity contribution is 7.80. The molecule has 0 atom stereocenters. The van der Waals surface area contributed by atoms with Gasteiger partial charge in [0, 0.05) is 27.1 Å². The van der Waals surface area contributed by atoms with Crippen LogP contribution in [-0.4, -0.2) is 33.5 Å². The van der Waals surface area contributed by atoms with Gasteiger partial charge in [-0.1, -0.05) is 0 Å². The topological polar surface area (TPSA) is 54.8 Å². The second kappa shape index (κ2) is 4.76. The van der Waals surface area contributed by atoms with E-state index in [2.05, 4.69) is 20.8 Å². The summed E-state index contributed by atoms with van der Waals surface area (Å²) in [5.41, 5.74) is 0. The summed E-state index contributed by atoms with van der Waals surface area (Å²) >= 11 is 4.92. The molecule has 0 aliphatic rings. The van der Waals surface area contributed by atoms with Crippen LogP contribution in [0.25, 0.3) is 0 Å². The van der Waals surface area contributed by atoms with Crippen molar-refractivity contribution in [2.75, 3.05) is 13.6 Å². The van der Waals surface area contributed by atoms with Crippen LogP contribution >= 0.6 is 12.2 Å². The van der Waals surface area contributed by atoms with Crippen molar-refractivity contribution >= 4 is 17.3 Å². The number of rotatable bonds is 3. The van der Waals surface area contributed by atoms with E-state index in [1.807, 2.05) is 11.6 Å². The Morgan fingerprint density at radius 3 is 3.00 bits per heavy atom. The zero-order chi connectivity index (χ0) is 9.68. The molecule has 0 spiro atoms. The van der Waals surface area contributed by atoms with Crippen molar-refractivity contribution in [2.24, 2.45) is 7.05 Å². The second-order valence-electron chi connectivity index (χ2n) is 2.61. The van der Waals surface area contributed by atoms with Crippen LogP contribution in [0.5, 0.6) is 0 Å². The first-order valence-electron chi connectivity index (χ1n) is 4.02. The third-order valence-electron chi connectivity index (χ3n) is 1.67. The molecule has 0 bridgehead atoms. The van der Waals surface area contributed by atoms with E-state index in [4.69, 9.17) is 12.2 Å². The van der Waals surface area contributed by atoms with Gasteiger partial charge in [-0.25, -0.2) is 0 Å². The number of hydrogen-bond donors (Lipinski definition) is 2. The molecule has 0 aliphatic heterocycles. The molecular formula is C7H13N5S. The van der Waals surface area contributed by atoms with Crippen LogP contribution in [0.4, 0.5) is 0 Å². The Balaban J connectivity index is 2.28. The lowest BCUT2D eigenvalue weighted by atomic mass is 10.4. The average molecular weight is 199 g/mol. The van der Waals surface area contributed by atoms with Gasteiger partial charge in [-0.2, -0.15) is 0 Å². The Morgan fingerprint density at radius 2 is 2.46 bits per heavy atom. The molecule has 2 N–H and O–H groups in total. The Bertz CT molecular complexity index is 282. The van der Waals surface area contributed by atoms with Crippen LogP contribution < -0.4 is 10.6 Å². The summed E-state index contributed by atoms with van der Waals surface area (Å²) in [6, 6.07) is 0. The molecule has 72 valence electrons. The number of aryl methyl sites for hydroxylation is 1. The van der Waals surface area contributed by atoms with Gasteiger partial charge in [0.15, 0.2) is 5.11 Å². The molecule has 0 amide bonds. The highest BCUT2D eigenvalue weighted by Crippen LogP contribution is 1.90. The van der Waals surface area contributed by atoms with E-state index in [9.17, 15) is 0 Å². The quantitative estimate of drug-likeness (QED) is 0.640. The Labute approximate surface area is 82.5 Å². The van der Waals surface area contributed by atoms with Crippen LogP contribution in [0.3, 0.4) is 0 Å². The molecule has 0 unspecified atom stereocenters. The summed E-state index contributed by atoms with van der Waals surface area (Å²) in [6.45, 7) is 0.770. The van der Waals surface area contributed by atoms with Crippen LogP contribution in [0.2, 0.25) is 0 Å². The molecule has 6 heteroatoms. The summed E-state index contributed by atoms with van der Waals surface area (Å²) in [7, 11) is 3.71. The molecule has 13 heavy (non-hydrogen) atoms. The van der Waals surface area contributed by atoms with Crippen LogP contribution in [-0.2, 0) is 13.5 Å². The molecule has 0 saturated carbocycles. The highest BCUT2D eigenvalue weighted by atomic mass is 32.1. The summed E-state index contributed by atoms with van der Waals surface area (Å²) in [5.74, 6) is 0.950. The van der Waals surface area contributed by atoms with E-state index in [1.165, 1.54) is 0 Å². The summed E-state index contributed by atoms with van der Waals surface area (Å²) in [6.07, 6.45) is 2.50. The van der Waals surface area contributed by atoms with Gasteiger partial charge in [0.05, 0.1) is 0 Å². The average Bonchev–Trinajstić information content (AvgIpc) is 2.52. The van der Waals surface area contributed by atoms with Gasteiger partial charge in [-0.05, 0) is 12.2 Å². The lowest BCUT2D eigenvalue weighted by Gasteiger charge is -2.05. The van der Waals surface area contributed by atoms with Crippen molar-refractivity contribution in [3.05, 3.63) is 12.2 Å². The Hall–Kier alpha value is -1.17. The zero-order valence-corrected chi connectivity index (χ0v) is 8.56. The monoisotopic (exact) mass is 199 g/mol. The molecule has 1 rings (SSSR count). The summed E-state index contributed by atoms with van der Waals surface area (Å²) in [4.78, 5) is 0. The number of nitrogens with zero attached hydrogens (tertiary/aromatic N) is 3. The smallest absolute Gasteiger partial charge is 0.166 e.